The van der Waals surface area contributed by atoms with Gasteiger partial charge in [-0.1, -0.05) is 13.8 Å². The summed E-state index contributed by atoms with van der Waals surface area (Å²) in [5.41, 5.74) is 0.927. The number of hydrogen-bond donors (Lipinski definition) is 1. The van der Waals surface area contributed by atoms with E-state index in [1.54, 1.807) is 6.20 Å². The van der Waals surface area contributed by atoms with Crippen LogP contribution in [0.5, 0.6) is 0 Å². The molecule has 1 N–H and O–H groups in total. The lowest BCUT2D eigenvalue weighted by Crippen LogP contribution is -2.09. The topological polar surface area (TPSA) is 38.0 Å². The van der Waals surface area contributed by atoms with Gasteiger partial charge < -0.3 is 5.11 Å². The van der Waals surface area contributed by atoms with Gasteiger partial charge in [-0.15, -0.1) is 0 Å². The van der Waals surface area contributed by atoms with Gasteiger partial charge in [-0.05, 0) is 25.3 Å². The van der Waals surface area contributed by atoms with Crippen LogP contribution in [-0.2, 0) is 6.54 Å². The quantitative estimate of drug-likeness (QED) is 0.773. The monoisotopic (exact) mass is 182 g/mol. The molecule has 0 spiro atoms. The predicted molar refractivity (Wildman–Crippen MR) is 52.3 cm³/mol. The molecule has 74 valence electrons. The van der Waals surface area contributed by atoms with Gasteiger partial charge in [0.1, 0.15) is 0 Å². The molecule has 0 aliphatic rings. The molecule has 0 bridgehead atoms. The first-order valence-electron chi connectivity index (χ1n) is 4.85. The summed E-state index contributed by atoms with van der Waals surface area (Å²) in [5.74, 6) is 0.509. The van der Waals surface area contributed by atoms with Crippen LogP contribution in [0.3, 0.4) is 0 Å². The highest BCUT2D eigenvalue weighted by molar-refractivity contribution is 5.04. The molecule has 1 atom stereocenters. The molecule has 0 aromatic carbocycles. The predicted octanol–water partition coefficient (Wildman–Crippen LogP) is 1.98. The van der Waals surface area contributed by atoms with Crippen molar-refractivity contribution in [1.82, 2.24) is 9.78 Å². The summed E-state index contributed by atoms with van der Waals surface area (Å²) < 4.78 is 1.84. The van der Waals surface area contributed by atoms with Gasteiger partial charge in [-0.25, -0.2) is 0 Å². The van der Waals surface area contributed by atoms with Gasteiger partial charge in [0.15, 0.2) is 0 Å². The number of nitrogens with zero attached hydrogens (tertiary/aromatic N) is 2. The Morgan fingerprint density at radius 1 is 1.54 bits per heavy atom. The smallest absolute Gasteiger partial charge is 0.0959 e. The molecule has 1 aromatic heterocycles. The SMILES string of the molecule is CCn1nccc1C(O)CC(C)C. The zero-order chi connectivity index (χ0) is 9.84. The molecule has 1 heterocycles. The van der Waals surface area contributed by atoms with Gasteiger partial charge in [-0.3, -0.25) is 4.68 Å². The molecule has 0 saturated heterocycles. The number of rotatable bonds is 4. The van der Waals surface area contributed by atoms with Crippen LogP contribution in [-0.4, -0.2) is 14.9 Å². The van der Waals surface area contributed by atoms with E-state index in [4.69, 9.17) is 0 Å². The van der Waals surface area contributed by atoms with E-state index in [-0.39, 0.29) is 6.10 Å². The van der Waals surface area contributed by atoms with E-state index in [0.29, 0.717) is 5.92 Å². The molecular formula is C10H18N2O. The summed E-state index contributed by atoms with van der Waals surface area (Å²) in [6, 6.07) is 1.89. The Bertz CT molecular complexity index is 255. The second kappa shape index (κ2) is 4.42. The Kier molecular flexibility index (Phi) is 3.48. The number of aliphatic hydroxyl groups is 1. The summed E-state index contributed by atoms with van der Waals surface area (Å²) >= 11 is 0. The Morgan fingerprint density at radius 2 is 2.23 bits per heavy atom. The normalized spacial score (nSPS) is 13.6. The molecule has 3 heteroatoms. The van der Waals surface area contributed by atoms with E-state index in [0.717, 1.165) is 18.7 Å². The van der Waals surface area contributed by atoms with E-state index < -0.39 is 0 Å². The van der Waals surface area contributed by atoms with E-state index in [9.17, 15) is 5.11 Å². The molecule has 1 rings (SSSR count). The molecular weight excluding hydrogens is 164 g/mol. The third-order valence-electron chi connectivity index (χ3n) is 2.09. The maximum absolute atomic E-state index is 9.83. The molecule has 0 aliphatic carbocycles. The first kappa shape index (κ1) is 10.3. The van der Waals surface area contributed by atoms with Crippen LogP contribution < -0.4 is 0 Å². The number of aromatic nitrogens is 2. The van der Waals surface area contributed by atoms with Gasteiger partial charge in [0.05, 0.1) is 11.8 Å². The van der Waals surface area contributed by atoms with Gasteiger partial charge in [0.2, 0.25) is 0 Å². The van der Waals surface area contributed by atoms with Crippen LogP contribution in [0.1, 0.15) is 39.0 Å². The number of hydrogen-bond acceptors (Lipinski definition) is 2. The van der Waals surface area contributed by atoms with Crippen molar-refractivity contribution in [3.05, 3.63) is 18.0 Å². The highest BCUT2D eigenvalue weighted by atomic mass is 16.3. The second-order valence-corrected chi connectivity index (χ2v) is 3.72. The summed E-state index contributed by atoms with van der Waals surface area (Å²) in [6.07, 6.45) is 2.16. The fraction of sp³-hybridized carbons (Fsp3) is 0.700. The standard InChI is InChI=1S/C10H18N2O/c1-4-12-9(5-6-11-12)10(13)7-8(2)3/h5-6,8,10,13H,4,7H2,1-3H3. The highest BCUT2D eigenvalue weighted by Crippen LogP contribution is 2.20. The summed E-state index contributed by atoms with van der Waals surface area (Å²) in [5, 5.41) is 14.0. The van der Waals surface area contributed by atoms with Crippen LogP contribution >= 0.6 is 0 Å². The highest BCUT2D eigenvalue weighted by Gasteiger charge is 2.13. The minimum atomic E-state index is -0.373. The van der Waals surface area contributed by atoms with Crippen LogP contribution in [0.2, 0.25) is 0 Å². The third kappa shape index (κ3) is 2.56. The van der Waals surface area contributed by atoms with Gasteiger partial charge >= 0.3 is 0 Å². The van der Waals surface area contributed by atoms with Crippen molar-refractivity contribution in [1.29, 1.82) is 0 Å². The first-order valence-corrected chi connectivity index (χ1v) is 4.85. The van der Waals surface area contributed by atoms with E-state index in [2.05, 4.69) is 18.9 Å². The molecule has 0 radical (unpaired) electrons. The van der Waals surface area contributed by atoms with Gasteiger partial charge in [-0.2, -0.15) is 5.10 Å². The molecule has 1 unspecified atom stereocenters. The Hall–Kier alpha value is -0.830. The Morgan fingerprint density at radius 3 is 2.77 bits per heavy atom. The van der Waals surface area contributed by atoms with Crippen molar-refractivity contribution < 1.29 is 5.11 Å². The average Bonchev–Trinajstić information content (AvgIpc) is 2.49. The fourth-order valence-electron chi connectivity index (χ4n) is 1.46. The summed E-state index contributed by atoms with van der Waals surface area (Å²) in [7, 11) is 0. The van der Waals surface area contributed by atoms with Crippen LogP contribution in [0.4, 0.5) is 0 Å². The molecule has 3 nitrogen and oxygen atoms in total. The lowest BCUT2D eigenvalue weighted by molar-refractivity contribution is 0.141. The first-order chi connectivity index (χ1) is 6.15. The van der Waals surface area contributed by atoms with Crippen LogP contribution in [0, 0.1) is 5.92 Å². The maximum atomic E-state index is 9.83. The van der Waals surface area contributed by atoms with E-state index in [1.807, 2.05) is 17.7 Å². The van der Waals surface area contributed by atoms with Crippen molar-refractivity contribution in [2.45, 2.75) is 39.8 Å². The zero-order valence-corrected chi connectivity index (χ0v) is 8.57. The fourth-order valence-corrected chi connectivity index (χ4v) is 1.46. The van der Waals surface area contributed by atoms with Gasteiger partial charge in [0.25, 0.3) is 0 Å². The Labute approximate surface area is 79.4 Å². The minimum absolute atomic E-state index is 0.373. The van der Waals surface area contributed by atoms with Crippen molar-refractivity contribution in [3.63, 3.8) is 0 Å². The zero-order valence-electron chi connectivity index (χ0n) is 8.57. The molecule has 0 amide bonds. The van der Waals surface area contributed by atoms with E-state index >= 15 is 0 Å². The van der Waals surface area contributed by atoms with Crippen molar-refractivity contribution in [2.75, 3.05) is 0 Å². The third-order valence-corrected chi connectivity index (χ3v) is 2.09. The molecule has 13 heavy (non-hydrogen) atoms. The maximum Gasteiger partial charge on any atom is 0.0959 e. The largest absolute Gasteiger partial charge is 0.387 e. The second-order valence-electron chi connectivity index (χ2n) is 3.72. The summed E-state index contributed by atoms with van der Waals surface area (Å²) in [6.45, 7) is 7.06. The minimum Gasteiger partial charge on any atom is -0.387 e. The molecule has 0 saturated carbocycles. The molecule has 0 aliphatic heterocycles. The van der Waals surface area contributed by atoms with E-state index in [1.165, 1.54) is 0 Å². The van der Waals surface area contributed by atoms with Gasteiger partial charge in [0, 0.05) is 12.7 Å². The van der Waals surface area contributed by atoms with Crippen molar-refractivity contribution >= 4 is 0 Å². The molecule has 0 fully saturated rings. The molecule has 1 aromatic rings. The Balaban J connectivity index is 2.69. The van der Waals surface area contributed by atoms with Crippen molar-refractivity contribution in [3.8, 4) is 0 Å². The van der Waals surface area contributed by atoms with Crippen LogP contribution in [0.25, 0.3) is 0 Å². The summed E-state index contributed by atoms with van der Waals surface area (Å²) in [4.78, 5) is 0. The number of aryl methyl sites for hydroxylation is 1. The number of aliphatic hydroxyl groups excluding tert-OH is 1. The van der Waals surface area contributed by atoms with Crippen molar-refractivity contribution in [2.24, 2.45) is 5.92 Å². The lowest BCUT2D eigenvalue weighted by Gasteiger charge is -2.14. The van der Waals surface area contributed by atoms with Crippen LogP contribution in [0.15, 0.2) is 12.3 Å². The lowest BCUT2D eigenvalue weighted by atomic mass is 10.0. The average molecular weight is 182 g/mol.